The van der Waals surface area contributed by atoms with E-state index in [2.05, 4.69) is 6.58 Å². The highest BCUT2D eigenvalue weighted by molar-refractivity contribution is 5.86. The topological polar surface area (TPSA) is 75.0 Å². The number of benzene rings is 1. The fourth-order valence-corrected chi connectivity index (χ4v) is 2.55. The van der Waals surface area contributed by atoms with Crippen LogP contribution in [0.15, 0.2) is 39.6 Å². The molecule has 128 valence electrons. The molecule has 0 bridgehead atoms. The molecule has 2 rings (SSSR count). The van der Waals surface area contributed by atoms with Crippen molar-refractivity contribution in [2.45, 2.75) is 19.8 Å². The lowest BCUT2D eigenvalue weighted by Gasteiger charge is -2.22. The summed E-state index contributed by atoms with van der Waals surface area (Å²) in [5.74, 6) is 0.0864. The number of hydrogen-bond acceptors (Lipinski definition) is 6. The van der Waals surface area contributed by atoms with E-state index in [9.17, 15) is 9.59 Å². The van der Waals surface area contributed by atoms with Gasteiger partial charge in [0.2, 0.25) is 0 Å². The second-order valence-electron chi connectivity index (χ2n) is 5.40. The van der Waals surface area contributed by atoms with Gasteiger partial charge in [-0.25, -0.2) is 4.79 Å². The third-order valence-electron chi connectivity index (χ3n) is 3.68. The molecule has 0 saturated carbocycles. The summed E-state index contributed by atoms with van der Waals surface area (Å²) in [6.07, 6.45) is 0. The molecule has 24 heavy (non-hydrogen) atoms. The van der Waals surface area contributed by atoms with Crippen molar-refractivity contribution in [3.05, 3.63) is 46.3 Å². The van der Waals surface area contributed by atoms with Crippen molar-refractivity contribution >= 4 is 16.9 Å². The van der Waals surface area contributed by atoms with Crippen molar-refractivity contribution in [2.75, 3.05) is 20.8 Å². The molecule has 0 radical (unpaired) electrons. The molecule has 0 aliphatic rings. The Balaban J connectivity index is 2.79. The third-order valence-corrected chi connectivity index (χ3v) is 3.68. The summed E-state index contributed by atoms with van der Waals surface area (Å²) in [6, 6.07) is 4.70. The van der Waals surface area contributed by atoms with E-state index in [-0.39, 0.29) is 6.61 Å². The Hall–Kier alpha value is -2.76. The molecule has 1 atom stereocenters. The fourth-order valence-electron chi connectivity index (χ4n) is 2.55. The Kier molecular flexibility index (Phi) is 5.28. The van der Waals surface area contributed by atoms with E-state index >= 15 is 0 Å². The summed E-state index contributed by atoms with van der Waals surface area (Å²) in [7, 11) is 3.02. The summed E-state index contributed by atoms with van der Waals surface area (Å²) < 4.78 is 21.4. The normalized spacial score (nSPS) is 11.8. The van der Waals surface area contributed by atoms with Gasteiger partial charge in [0, 0.05) is 24.3 Å². The zero-order valence-corrected chi connectivity index (χ0v) is 14.2. The number of rotatable bonds is 6. The molecule has 6 nitrogen and oxygen atoms in total. The number of hydrogen-bond donors (Lipinski definition) is 0. The number of esters is 1. The van der Waals surface area contributed by atoms with Crippen LogP contribution < -0.4 is 15.1 Å². The number of fused-ring (bicyclic) bond motifs is 1. The van der Waals surface area contributed by atoms with E-state index in [1.165, 1.54) is 27.2 Å². The first kappa shape index (κ1) is 17.6. The van der Waals surface area contributed by atoms with Gasteiger partial charge in [-0.2, -0.15) is 0 Å². The van der Waals surface area contributed by atoms with Gasteiger partial charge in [-0.15, -0.1) is 0 Å². The molecule has 0 aliphatic carbocycles. The maximum Gasteiger partial charge on any atom is 0.336 e. The minimum Gasteiger partial charge on any atom is -0.493 e. The maximum atomic E-state index is 11.7. The van der Waals surface area contributed by atoms with Gasteiger partial charge in [-0.1, -0.05) is 12.2 Å². The van der Waals surface area contributed by atoms with Crippen LogP contribution in [-0.2, 0) is 9.53 Å². The van der Waals surface area contributed by atoms with Crippen LogP contribution in [0.4, 0.5) is 0 Å². The van der Waals surface area contributed by atoms with Crippen LogP contribution in [0.3, 0.4) is 0 Å². The standard InChI is InChI=1S/C18H20O6/c1-10(2)13(9-23-11(3)19)16-17-12(6-7-15(20)24-17)8-14(21-4)18(16)22-5/h6-8,13H,1,9H2,2-5H3. The molecule has 0 fully saturated rings. The molecule has 0 aliphatic heterocycles. The number of ether oxygens (including phenoxy) is 3. The van der Waals surface area contributed by atoms with Crippen LogP contribution in [0.25, 0.3) is 11.0 Å². The Morgan fingerprint density at radius 3 is 2.50 bits per heavy atom. The van der Waals surface area contributed by atoms with Crippen LogP contribution in [0, 0.1) is 0 Å². The first-order valence-corrected chi connectivity index (χ1v) is 7.36. The second-order valence-corrected chi connectivity index (χ2v) is 5.40. The van der Waals surface area contributed by atoms with Gasteiger partial charge in [0.1, 0.15) is 12.2 Å². The average Bonchev–Trinajstić information content (AvgIpc) is 2.53. The molecule has 0 spiro atoms. The van der Waals surface area contributed by atoms with E-state index in [1.807, 2.05) is 0 Å². The van der Waals surface area contributed by atoms with E-state index in [0.29, 0.717) is 28.0 Å². The molecule has 1 aromatic heterocycles. The van der Waals surface area contributed by atoms with Crippen LogP contribution >= 0.6 is 0 Å². The molecule has 1 unspecified atom stereocenters. The van der Waals surface area contributed by atoms with Crippen molar-refractivity contribution in [3.63, 3.8) is 0 Å². The van der Waals surface area contributed by atoms with E-state index in [4.69, 9.17) is 18.6 Å². The Morgan fingerprint density at radius 2 is 1.96 bits per heavy atom. The largest absolute Gasteiger partial charge is 0.493 e. The lowest BCUT2D eigenvalue weighted by molar-refractivity contribution is -0.141. The molecule has 0 amide bonds. The molecule has 6 heteroatoms. The van der Waals surface area contributed by atoms with Crippen LogP contribution in [0.2, 0.25) is 0 Å². The highest BCUT2D eigenvalue weighted by Gasteiger charge is 2.26. The quantitative estimate of drug-likeness (QED) is 0.460. The van der Waals surface area contributed by atoms with Crippen LogP contribution in [-0.4, -0.2) is 26.8 Å². The molecule has 0 saturated heterocycles. The number of methoxy groups -OCH3 is 2. The first-order valence-electron chi connectivity index (χ1n) is 7.36. The van der Waals surface area contributed by atoms with Crippen LogP contribution in [0.5, 0.6) is 11.5 Å². The molecular weight excluding hydrogens is 312 g/mol. The molecule has 1 aromatic carbocycles. The number of carbonyl (C=O) groups is 1. The molecular formula is C18H20O6. The van der Waals surface area contributed by atoms with Crippen LogP contribution in [0.1, 0.15) is 25.3 Å². The highest BCUT2D eigenvalue weighted by atomic mass is 16.5. The average molecular weight is 332 g/mol. The minimum absolute atomic E-state index is 0.0574. The van der Waals surface area contributed by atoms with Gasteiger partial charge in [0.15, 0.2) is 11.5 Å². The predicted molar refractivity (Wildman–Crippen MR) is 89.8 cm³/mol. The third kappa shape index (κ3) is 3.42. The maximum absolute atomic E-state index is 11.7. The molecule has 1 heterocycles. The highest BCUT2D eigenvalue weighted by Crippen LogP contribution is 2.43. The van der Waals surface area contributed by atoms with Gasteiger partial charge in [0.25, 0.3) is 0 Å². The zero-order valence-electron chi connectivity index (χ0n) is 14.2. The minimum atomic E-state index is -0.482. The summed E-state index contributed by atoms with van der Waals surface area (Å²) in [5.41, 5.74) is 1.18. The second kappa shape index (κ2) is 7.21. The van der Waals surface area contributed by atoms with Crippen molar-refractivity contribution in [3.8, 4) is 11.5 Å². The molecule has 2 aromatic rings. The van der Waals surface area contributed by atoms with E-state index in [1.54, 1.807) is 19.1 Å². The first-order chi connectivity index (χ1) is 11.4. The van der Waals surface area contributed by atoms with Gasteiger partial charge in [0.05, 0.1) is 19.8 Å². The van der Waals surface area contributed by atoms with Crippen molar-refractivity contribution in [1.29, 1.82) is 0 Å². The zero-order chi connectivity index (χ0) is 17.9. The Bertz CT molecular complexity index is 833. The van der Waals surface area contributed by atoms with E-state index in [0.717, 1.165) is 5.57 Å². The Morgan fingerprint density at radius 1 is 1.25 bits per heavy atom. The van der Waals surface area contributed by atoms with Crippen molar-refractivity contribution in [1.82, 2.24) is 0 Å². The van der Waals surface area contributed by atoms with Gasteiger partial charge in [-0.05, 0) is 19.1 Å². The van der Waals surface area contributed by atoms with Gasteiger partial charge >= 0.3 is 11.6 Å². The fraction of sp³-hybridized carbons (Fsp3) is 0.333. The summed E-state index contributed by atoms with van der Waals surface area (Å²) in [4.78, 5) is 22.9. The monoisotopic (exact) mass is 332 g/mol. The SMILES string of the molecule is C=C(C)C(COC(C)=O)c1c(OC)c(OC)cc2ccc(=O)oc12. The number of carbonyl (C=O) groups excluding carboxylic acids is 1. The van der Waals surface area contributed by atoms with Crippen molar-refractivity contribution < 1.29 is 23.4 Å². The van der Waals surface area contributed by atoms with Gasteiger partial charge in [-0.3, -0.25) is 4.79 Å². The lowest BCUT2D eigenvalue weighted by atomic mass is 9.91. The van der Waals surface area contributed by atoms with Gasteiger partial charge < -0.3 is 18.6 Å². The summed E-state index contributed by atoms with van der Waals surface area (Å²) in [5, 5.41) is 0.677. The lowest BCUT2D eigenvalue weighted by Crippen LogP contribution is -2.14. The predicted octanol–water partition coefficient (Wildman–Crippen LogP) is 3.03. The summed E-state index contributed by atoms with van der Waals surface area (Å²) >= 11 is 0. The van der Waals surface area contributed by atoms with E-state index < -0.39 is 17.5 Å². The van der Waals surface area contributed by atoms with Crippen molar-refractivity contribution in [2.24, 2.45) is 0 Å². The smallest absolute Gasteiger partial charge is 0.336 e. The molecule has 0 N–H and O–H groups in total. The Labute approximate surface area is 139 Å². The summed E-state index contributed by atoms with van der Waals surface area (Å²) in [6.45, 7) is 7.16.